The van der Waals surface area contributed by atoms with Crippen molar-refractivity contribution in [2.24, 2.45) is 0 Å². The van der Waals surface area contributed by atoms with Gasteiger partial charge in [-0.1, -0.05) is 11.8 Å². The summed E-state index contributed by atoms with van der Waals surface area (Å²) in [5, 5.41) is 2.56. The maximum Gasteiger partial charge on any atom is 0.211 e. The summed E-state index contributed by atoms with van der Waals surface area (Å²) in [5.41, 5.74) is 2.05. The van der Waals surface area contributed by atoms with E-state index in [0.29, 0.717) is 24.3 Å². The molecule has 28 heavy (non-hydrogen) atoms. The molecule has 6 heteroatoms. The summed E-state index contributed by atoms with van der Waals surface area (Å²) in [4.78, 5) is 12.7. The summed E-state index contributed by atoms with van der Waals surface area (Å²) in [7, 11) is 0. The summed E-state index contributed by atoms with van der Waals surface area (Å²) in [6, 6.07) is 11.8. The number of halogens is 1. The first-order chi connectivity index (χ1) is 13.7. The number of hydrogen-bond acceptors (Lipinski definition) is 4. The van der Waals surface area contributed by atoms with Crippen LogP contribution in [-0.4, -0.2) is 50.8 Å². The summed E-state index contributed by atoms with van der Waals surface area (Å²) in [5.74, 6) is 5.75. The Morgan fingerprint density at radius 3 is 2.54 bits per heavy atom. The first kappa shape index (κ1) is 19.9. The lowest BCUT2D eigenvalue weighted by atomic mass is 10.1. The van der Waals surface area contributed by atoms with Gasteiger partial charge in [0.15, 0.2) is 11.6 Å². The van der Waals surface area contributed by atoms with Crippen LogP contribution in [0.2, 0.25) is 0 Å². The summed E-state index contributed by atoms with van der Waals surface area (Å²) in [6.07, 6.45) is 1.46. The molecule has 0 aromatic heterocycles. The van der Waals surface area contributed by atoms with Gasteiger partial charge in [0.1, 0.15) is 0 Å². The standard InChI is InChI=1S/C22H23FN2O3/c23-21-16-19(3-2-18-4-7-20(8-5-18)24-17-26)6-9-22(21)28-13-1-10-25-11-14-27-15-12-25/h4-9,16-17H,1,10-15H2,(H,24,26). The SMILES string of the molecule is O=CNc1ccc(C#Cc2ccc(OCCCN3CCOCC3)c(F)c2)cc1. The molecular formula is C22H23FN2O3. The fourth-order valence-electron chi connectivity index (χ4n) is 2.85. The van der Waals surface area contributed by atoms with Crippen molar-refractivity contribution in [1.29, 1.82) is 0 Å². The van der Waals surface area contributed by atoms with Gasteiger partial charge >= 0.3 is 0 Å². The molecule has 0 aliphatic carbocycles. The summed E-state index contributed by atoms with van der Waals surface area (Å²) in [6.45, 7) is 4.84. The molecule has 2 aromatic rings. The zero-order valence-electron chi connectivity index (χ0n) is 15.6. The maximum absolute atomic E-state index is 14.2. The van der Waals surface area contributed by atoms with Crippen molar-refractivity contribution in [3.8, 4) is 17.6 Å². The Balaban J connectivity index is 1.50. The lowest BCUT2D eigenvalue weighted by Gasteiger charge is -2.26. The third-order valence-corrected chi connectivity index (χ3v) is 4.37. The normalized spacial score (nSPS) is 14.0. The minimum absolute atomic E-state index is 0.247. The molecule has 0 bridgehead atoms. The Kier molecular flexibility index (Phi) is 7.42. The molecule has 1 heterocycles. The molecule has 3 rings (SSSR count). The zero-order valence-corrected chi connectivity index (χ0v) is 15.6. The van der Waals surface area contributed by atoms with Crippen molar-refractivity contribution in [2.75, 3.05) is 44.8 Å². The van der Waals surface area contributed by atoms with Gasteiger partial charge in [-0.3, -0.25) is 9.69 Å². The van der Waals surface area contributed by atoms with Gasteiger partial charge in [0.05, 0.1) is 19.8 Å². The van der Waals surface area contributed by atoms with Crippen LogP contribution < -0.4 is 10.1 Å². The highest BCUT2D eigenvalue weighted by Gasteiger charge is 2.10. The number of anilines is 1. The van der Waals surface area contributed by atoms with Crippen LogP contribution in [0.5, 0.6) is 5.75 Å². The molecule has 5 nitrogen and oxygen atoms in total. The van der Waals surface area contributed by atoms with E-state index in [1.165, 1.54) is 6.07 Å². The zero-order chi connectivity index (χ0) is 19.6. The van der Waals surface area contributed by atoms with Crippen LogP contribution in [0, 0.1) is 17.7 Å². The van der Waals surface area contributed by atoms with E-state index in [1.54, 1.807) is 36.4 Å². The second-order valence-corrected chi connectivity index (χ2v) is 6.39. The van der Waals surface area contributed by atoms with E-state index < -0.39 is 5.82 Å². The van der Waals surface area contributed by atoms with Crippen molar-refractivity contribution in [1.82, 2.24) is 4.90 Å². The second-order valence-electron chi connectivity index (χ2n) is 6.39. The molecule has 1 aliphatic rings. The van der Waals surface area contributed by atoms with E-state index in [1.807, 2.05) is 0 Å². The summed E-state index contributed by atoms with van der Waals surface area (Å²) < 4.78 is 25.1. The highest BCUT2D eigenvalue weighted by Crippen LogP contribution is 2.18. The number of carbonyl (C=O) groups excluding carboxylic acids is 1. The molecule has 1 amide bonds. The first-order valence-corrected chi connectivity index (χ1v) is 9.29. The van der Waals surface area contributed by atoms with Crippen molar-refractivity contribution in [3.05, 3.63) is 59.4 Å². The molecule has 1 saturated heterocycles. The van der Waals surface area contributed by atoms with Crippen molar-refractivity contribution < 1.29 is 18.7 Å². The molecule has 1 fully saturated rings. The van der Waals surface area contributed by atoms with Crippen molar-refractivity contribution in [2.45, 2.75) is 6.42 Å². The number of ether oxygens (including phenoxy) is 2. The van der Waals surface area contributed by atoms with Crippen molar-refractivity contribution in [3.63, 3.8) is 0 Å². The third-order valence-electron chi connectivity index (χ3n) is 4.37. The first-order valence-electron chi connectivity index (χ1n) is 9.29. The number of nitrogens with zero attached hydrogens (tertiary/aromatic N) is 1. The van der Waals surface area contributed by atoms with Crippen LogP contribution in [0.15, 0.2) is 42.5 Å². The van der Waals surface area contributed by atoms with Gasteiger partial charge in [-0.05, 0) is 48.9 Å². The van der Waals surface area contributed by atoms with E-state index in [9.17, 15) is 9.18 Å². The Morgan fingerprint density at radius 1 is 1.11 bits per heavy atom. The molecule has 1 N–H and O–H groups in total. The Hall–Kier alpha value is -2.88. The van der Waals surface area contributed by atoms with Crippen LogP contribution in [0.25, 0.3) is 0 Å². The lowest BCUT2D eigenvalue weighted by Crippen LogP contribution is -2.37. The molecule has 0 unspecified atom stereocenters. The fraction of sp³-hybridized carbons (Fsp3) is 0.318. The number of benzene rings is 2. The van der Waals surface area contributed by atoms with Gasteiger partial charge in [-0.25, -0.2) is 4.39 Å². The Morgan fingerprint density at radius 2 is 1.82 bits per heavy atom. The molecule has 146 valence electrons. The average molecular weight is 382 g/mol. The number of rotatable bonds is 7. The molecule has 2 aromatic carbocycles. The van der Waals surface area contributed by atoms with E-state index in [2.05, 4.69) is 22.1 Å². The predicted molar refractivity (Wildman–Crippen MR) is 106 cm³/mol. The molecule has 0 radical (unpaired) electrons. The monoisotopic (exact) mass is 382 g/mol. The Labute approximate surface area is 164 Å². The number of nitrogens with one attached hydrogen (secondary N) is 1. The highest BCUT2D eigenvalue weighted by molar-refractivity contribution is 5.71. The van der Waals surface area contributed by atoms with Crippen molar-refractivity contribution >= 4 is 12.1 Å². The van der Waals surface area contributed by atoms with Gasteiger partial charge in [-0.15, -0.1) is 0 Å². The second kappa shape index (κ2) is 10.5. The van der Waals surface area contributed by atoms with Crippen LogP contribution in [0.1, 0.15) is 17.5 Å². The Bertz CT molecular complexity index is 837. The number of carbonyl (C=O) groups is 1. The molecular weight excluding hydrogens is 359 g/mol. The molecule has 0 atom stereocenters. The number of amides is 1. The topological polar surface area (TPSA) is 50.8 Å². The van der Waals surface area contributed by atoms with Gasteiger partial charge in [-0.2, -0.15) is 0 Å². The van der Waals surface area contributed by atoms with Crippen LogP contribution in [0.3, 0.4) is 0 Å². The van der Waals surface area contributed by atoms with Gasteiger partial charge < -0.3 is 14.8 Å². The van der Waals surface area contributed by atoms with Gasteiger partial charge in [0.2, 0.25) is 6.41 Å². The third kappa shape index (κ3) is 6.08. The molecule has 1 aliphatic heterocycles. The van der Waals surface area contributed by atoms with Gasteiger partial charge in [0.25, 0.3) is 0 Å². The number of hydrogen-bond donors (Lipinski definition) is 1. The van der Waals surface area contributed by atoms with Crippen LogP contribution in [-0.2, 0) is 9.53 Å². The fourth-order valence-corrected chi connectivity index (χ4v) is 2.85. The van der Waals surface area contributed by atoms with E-state index >= 15 is 0 Å². The number of morpholine rings is 1. The largest absolute Gasteiger partial charge is 0.490 e. The lowest BCUT2D eigenvalue weighted by molar-refractivity contribution is -0.105. The minimum Gasteiger partial charge on any atom is -0.490 e. The molecule has 0 saturated carbocycles. The minimum atomic E-state index is -0.413. The smallest absolute Gasteiger partial charge is 0.211 e. The highest BCUT2D eigenvalue weighted by atomic mass is 19.1. The van der Waals surface area contributed by atoms with E-state index in [0.717, 1.165) is 44.8 Å². The quantitative estimate of drug-likeness (QED) is 0.455. The van der Waals surface area contributed by atoms with E-state index in [4.69, 9.17) is 9.47 Å². The van der Waals surface area contributed by atoms with Crippen LogP contribution >= 0.6 is 0 Å². The summed E-state index contributed by atoms with van der Waals surface area (Å²) >= 11 is 0. The van der Waals surface area contributed by atoms with E-state index in [-0.39, 0.29) is 5.75 Å². The predicted octanol–water partition coefficient (Wildman–Crippen LogP) is 2.89. The van der Waals surface area contributed by atoms with Crippen LogP contribution in [0.4, 0.5) is 10.1 Å². The maximum atomic E-state index is 14.2. The average Bonchev–Trinajstić information content (AvgIpc) is 2.73. The van der Waals surface area contributed by atoms with Gasteiger partial charge in [0, 0.05) is 36.4 Å². The molecule has 0 spiro atoms.